The van der Waals surface area contributed by atoms with Gasteiger partial charge in [0.1, 0.15) is 0 Å². The molecular weight excluding hydrogens is 304 g/mol. The standard InChI is InChI=1S/C19H20N2OS/c1-13-4-6-16(7-5-13)8-9-18(22)21-19(23)20-17-11-14(2)10-15(3)12-17/h4-12H,1-3H3,(H2,20,21,22,23). The van der Waals surface area contributed by atoms with Crippen molar-refractivity contribution < 1.29 is 4.79 Å². The van der Waals surface area contributed by atoms with E-state index in [1.54, 1.807) is 6.08 Å². The van der Waals surface area contributed by atoms with E-state index in [2.05, 4.69) is 16.7 Å². The van der Waals surface area contributed by atoms with E-state index in [9.17, 15) is 4.79 Å². The van der Waals surface area contributed by atoms with E-state index in [1.807, 2.05) is 57.2 Å². The smallest absolute Gasteiger partial charge is 0.250 e. The van der Waals surface area contributed by atoms with Gasteiger partial charge in [-0.2, -0.15) is 0 Å². The van der Waals surface area contributed by atoms with Gasteiger partial charge in [-0.1, -0.05) is 35.9 Å². The van der Waals surface area contributed by atoms with Crippen molar-refractivity contribution >= 4 is 35.0 Å². The molecule has 0 saturated carbocycles. The van der Waals surface area contributed by atoms with Gasteiger partial charge in [-0.25, -0.2) is 0 Å². The molecule has 0 aliphatic rings. The van der Waals surface area contributed by atoms with Gasteiger partial charge >= 0.3 is 0 Å². The van der Waals surface area contributed by atoms with E-state index >= 15 is 0 Å². The Hall–Kier alpha value is -2.46. The second kappa shape index (κ2) is 7.70. The van der Waals surface area contributed by atoms with Crippen LogP contribution in [-0.2, 0) is 4.79 Å². The summed E-state index contributed by atoms with van der Waals surface area (Å²) in [5.74, 6) is -0.257. The molecule has 0 radical (unpaired) electrons. The minimum Gasteiger partial charge on any atom is -0.332 e. The molecule has 1 amide bonds. The first-order chi connectivity index (χ1) is 10.9. The van der Waals surface area contributed by atoms with Crippen LogP contribution in [0.1, 0.15) is 22.3 Å². The number of hydrogen-bond donors (Lipinski definition) is 2. The summed E-state index contributed by atoms with van der Waals surface area (Å²) in [4.78, 5) is 11.9. The fraction of sp³-hybridized carbons (Fsp3) is 0.158. The topological polar surface area (TPSA) is 41.1 Å². The number of amides is 1. The fourth-order valence-electron chi connectivity index (χ4n) is 2.21. The maximum Gasteiger partial charge on any atom is 0.250 e. The van der Waals surface area contributed by atoms with Crippen LogP contribution >= 0.6 is 12.2 Å². The first-order valence-corrected chi connectivity index (χ1v) is 7.78. The highest BCUT2D eigenvalue weighted by molar-refractivity contribution is 7.80. The Labute approximate surface area is 142 Å². The lowest BCUT2D eigenvalue weighted by Gasteiger charge is -2.09. The van der Waals surface area contributed by atoms with E-state index in [-0.39, 0.29) is 11.0 Å². The summed E-state index contributed by atoms with van der Waals surface area (Å²) in [5.41, 5.74) is 5.31. The normalized spacial score (nSPS) is 10.6. The molecule has 0 aliphatic carbocycles. The van der Waals surface area contributed by atoms with Crippen molar-refractivity contribution in [2.24, 2.45) is 0 Å². The Morgan fingerprint density at radius 3 is 2.17 bits per heavy atom. The average molecular weight is 324 g/mol. The van der Waals surface area contributed by atoms with Crippen molar-refractivity contribution in [2.75, 3.05) is 5.32 Å². The second-order valence-corrected chi connectivity index (χ2v) is 5.97. The third-order valence-electron chi connectivity index (χ3n) is 3.22. The van der Waals surface area contributed by atoms with Crippen molar-refractivity contribution in [2.45, 2.75) is 20.8 Å². The van der Waals surface area contributed by atoms with Crippen LogP contribution in [-0.4, -0.2) is 11.0 Å². The molecule has 2 aromatic carbocycles. The molecule has 2 rings (SSSR count). The zero-order valence-electron chi connectivity index (χ0n) is 13.5. The third-order valence-corrected chi connectivity index (χ3v) is 3.42. The minimum absolute atomic E-state index is 0.257. The molecule has 23 heavy (non-hydrogen) atoms. The van der Waals surface area contributed by atoms with Crippen LogP contribution in [0.2, 0.25) is 0 Å². The predicted molar refractivity (Wildman–Crippen MR) is 100 cm³/mol. The Kier molecular flexibility index (Phi) is 5.66. The number of thiocarbonyl (C=S) groups is 1. The van der Waals surface area contributed by atoms with Gasteiger partial charge in [-0.15, -0.1) is 0 Å². The summed E-state index contributed by atoms with van der Waals surface area (Å²) in [7, 11) is 0. The molecule has 0 aromatic heterocycles. The van der Waals surface area contributed by atoms with Gasteiger partial charge in [0, 0.05) is 11.8 Å². The van der Waals surface area contributed by atoms with Crippen molar-refractivity contribution in [3.05, 3.63) is 70.8 Å². The van der Waals surface area contributed by atoms with E-state index in [0.29, 0.717) is 0 Å². The molecule has 0 atom stereocenters. The van der Waals surface area contributed by atoms with Crippen molar-refractivity contribution in [3.8, 4) is 0 Å². The lowest BCUT2D eigenvalue weighted by atomic mass is 10.1. The second-order valence-electron chi connectivity index (χ2n) is 5.56. The largest absolute Gasteiger partial charge is 0.332 e. The highest BCUT2D eigenvalue weighted by Gasteiger charge is 2.02. The Bertz CT molecular complexity index is 728. The number of hydrogen-bond acceptors (Lipinski definition) is 2. The molecule has 2 aromatic rings. The maximum atomic E-state index is 11.9. The van der Waals surface area contributed by atoms with Crippen LogP contribution in [0.15, 0.2) is 48.5 Å². The lowest BCUT2D eigenvalue weighted by Crippen LogP contribution is -2.32. The molecule has 0 bridgehead atoms. The number of carbonyl (C=O) groups excluding carboxylic acids is 1. The zero-order valence-corrected chi connectivity index (χ0v) is 14.3. The summed E-state index contributed by atoms with van der Waals surface area (Å²) in [6.07, 6.45) is 3.23. The number of nitrogens with one attached hydrogen (secondary N) is 2. The molecule has 0 spiro atoms. The first-order valence-electron chi connectivity index (χ1n) is 7.37. The summed E-state index contributed by atoms with van der Waals surface area (Å²) in [6, 6.07) is 14.0. The minimum atomic E-state index is -0.257. The van der Waals surface area contributed by atoms with Gasteiger partial charge in [0.25, 0.3) is 0 Å². The van der Waals surface area contributed by atoms with Crippen molar-refractivity contribution in [1.82, 2.24) is 5.32 Å². The van der Waals surface area contributed by atoms with Crippen LogP contribution in [0.3, 0.4) is 0 Å². The zero-order chi connectivity index (χ0) is 16.8. The molecule has 0 saturated heterocycles. The van der Waals surface area contributed by atoms with Gasteiger partial charge in [-0.05, 0) is 67.9 Å². The quantitative estimate of drug-likeness (QED) is 0.658. The summed E-state index contributed by atoms with van der Waals surface area (Å²) in [6.45, 7) is 6.06. The summed E-state index contributed by atoms with van der Waals surface area (Å²) in [5, 5.41) is 5.95. The molecule has 0 unspecified atom stereocenters. The van der Waals surface area contributed by atoms with Crippen LogP contribution < -0.4 is 10.6 Å². The highest BCUT2D eigenvalue weighted by atomic mass is 32.1. The molecule has 0 fully saturated rings. The summed E-state index contributed by atoms with van der Waals surface area (Å²) >= 11 is 5.17. The van der Waals surface area contributed by atoms with Gasteiger partial charge in [0.15, 0.2) is 5.11 Å². The Morgan fingerprint density at radius 2 is 1.57 bits per heavy atom. The SMILES string of the molecule is Cc1ccc(C=CC(=O)NC(=S)Nc2cc(C)cc(C)c2)cc1. The number of benzene rings is 2. The maximum absolute atomic E-state index is 11.9. The van der Waals surface area contributed by atoms with Crippen molar-refractivity contribution in [1.29, 1.82) is 0 Å². The van der Waals surface area contributed by atoms with Crippen LogP contribution in [0.5, 0.6) is 0 Å². The molecule has 3 nitrogen and oxygen atoms in total. The Morgan fingerprint density at radius 1 is 0.957 bits per heavy atom. The van der Waals surface area contributed by atoms with Crippen LogP contribution in [0, 0.1) is 20.8 Å². The third kappa shape index (κ3) is 5.68. The van der Waals surface area contributed by atoms with E-state index in [0.717, 1.165) is 22.4 Å². The van der Waals surface area contributed by atoms with Gasteiger partial charge in [0.2, 0.25) is 5.91 Å². The van der Waals surface area contributed by atoms with E-state index in [4.69, 9.17) is 12.2 Å². The van der Waals surface area contributed by atoms with Crippen molar-refractivity contribution in [3.63, 3.8) is 0 Å². The monoisotopic (exact) mass is 324 g/mol. The lowest BCUT2D eigenvalue weighted by molar-refractivity contribution is -0.115. The van der Waals surface area contributed by atoms with E-state index < -0.39 is 0 Å². The molecule has 2 N–H and O–H groups in total. The average Bonchev–Trinajstić information content (AvgIpc) is 2.45. The first kappa shape index (κ1) is 16.9. The highest BCUT2D eigenvalue weighted by Crippen LogP contribution is 2.13. The molecule has 118 valence electrons. The number of rotatable bonds is 3. The number of anilines is 1. The predicted octanol–water partition coefficient (Wildman–Crippen LogP) is 4.14. The van der Waals surface area contributed by atoms with Gasteiger partial charge in [-0.3, -0.25) is 10.1 Å². The summed E-state index contributed by atoms with van der Waals surface area (Å²) < 4.78 is 0. The molecule has 0 heterocycles. The van der Waals surface area contributed by atoms with Crippen LogP contribution in [0.4, 0.5) is 5.69 Å². The fourth-order valence-corrected chi connectivity index (χ4v) is 2.43. The molecular formula is C19H20N2OS. The molecule has 0 aliphatic heterocycles. The van der Waals surface area contributed by atoms with E-state index in [1.165, 1.54) is 11.6 Å². The number of carbonyl (C=O) groups is 1. The van der Waals surface area contributed by atoms with Gasteiger partial charge in [0.05, 0.1) is 0 Å². The Balaban J connectivity index is 1.91. The number of aryl methyl sites for hydroxylation is 3. The van der Waals surface area contributed by atoms with Gasteiger partial charge < -0.3 is 5.32 Å². The van der Waals surface area contributed by atoms with Crippen LogP contribution in [0.25, 0.3) is 6.08 Å². The molecule has 4 heteroatoms.